The van der Waals surface area contributed by atoms with Gasteiger partial charge in [-0.05, 0) is 34.2 Å². The summed E-state index contributed by atoms with van der Waals surface area (Å²) < 4.78 is 11.3. The number of carbonyl (C=O) groups is 2. The van der Waals surface area contributed by atoms with Crippen molar-refractivity contribution in [2.24, 2.45) is 0 Å². The number of carbonyl (C=O) groups excluding carboxylic acids is 2. The highest BCUT2D eigenvalue weighted by molar-refractivity contribution is 6.66. The fourth-order valence-corrected chi connectivity index (χ4v) is 4.08. The van der Waals surface area contributed by atoms with Gasteiger partial charge in [-0.3, -0.25) is 14.5 Å². The molecule has 0 spiro atoms. The van der Waals surface area contributed by atoms with Crippen LogP contribution >= 0.6 is 0 Å². The van der Waals surface area contributed by atoms with Crippen molar-refractivity contribution in [3.63, 3.8) is 0 Å². The zero-order valence-electron chi connectivity index (χ0n) is 13.1. The van der Waals surface area contributed by atoms with E-state index in [9.17, 15) is 9.59 Å². The van der Waals surface area contributed by atoms with Gasteiger partial charge < -0.3 is 8.85 Å². The monoisotopic (exact) mass is 299 g/mol. The standard InChI is InChI=1S/C14H25NO4Si/c1-8-18-20(7,19-9-2)10-15(13(16)11(3)4)14(17)12(5)6/h3,5,8-10H2,1-2,4,6-7H3. The van der Waals surface area contributed by atoms with Gasteiger partial charge in [0.15, 0.2) is 0 Å². The predicted octanol–water partition coefficient (Wildman–Crippen LogP) is 2.18. The molecular formula is C14H25NO4Si. The van der Waals surface area contributed by atoms with Crippen molar-refractivity contribution in [2.75, 3.05) is 19.4 Å². The Bertz CT molecular complexity index is 374. The number of rotatable bonds is 8. The third-order valence-electron chi connectivity index (χ3n) is 2.57. The van der Waals surface area contributed by atoms with E-state index in [1.54, 1.807) is 13.8 Å². The van der Waals surface area contributed by atoms with Gasteiger partial charge in [-0.15, -0.1) is 0 Å². The van der Waals surface area contributed by atoms with Gasteiger partial charge in [-0.25, -0.2) is 0 Å². The molecule has 0 saturated heterocycles. The van der Waals surface area contributed by atoms with Crippen LogP contribution in [0, 0.1) is 0 Å². The van der Waals surface area contributed by atoms with E-state index in [1.165, 1.54) is 0 Å². The summed E-state index contributed by atoms with van der Waals surface area (Å²) in [5, 5.41) is 0. The Morgan fingerprint density at radius 3 is 1.60 bits per heavy atom. The highest BCUT2D eigenvalue weighted by Gasteiger charge is 2.38. The van der Waals surface area contributed by atoms with Crippen LogP contribution in [0.4, 0.5) is 0 Å². The Balaban J connectivity index is 5.32. The van der Waals surface area contributed by atoms with Crippen LogP contribution in [-0.2, 0) is 18.4 Å². The van der Waals surface area contributed by atoms with Crippen molar-refractivity contribution in [3.05, 3.63) is 24.3 Å². The van der Waals surface area contributed by atoms with Gasteiger partial charge in [0.2, 0.25) is 0 Å². The summed E-state index contributed by atoms with van der Waals surface area (Å²) in [5.41, 5.74) is 0.591. The molecule has 0 aromatic carbocycles. The molecule has 0 aromatic rings. The highest BCUT2D eigenvalue weighted by Crippen LogP contribution is 2.14. The summed E-state index contributed by atoms with van der Waals surface area (Å²) in [6.45, 7) is 16.8. The predicted molar refractivity (Wildman–Crippen MR) is 81.2 cm³/mol. The molecule has 0 heterocycles. The van der Waals surface area contributed by atoms with E-state index in [-0.39, 0.29) is 6.17 Å². The summed E-state index contributed by atoms with van der Waals surface area (Å²) in [5.74, 6) is -0.840. The summed E-state index contributed by atoms with van der Waals surface area (Å²) >= 11 is 0. The van der Waals surface area contributed by atoms with Gasteiger partial charge in [0, 0.05) is 24.4 Å². The van der Waals surface area contributed by atoms with E-state index in [2.05, 4.69) is 13.2 Å². The zero-order chi connectivity index (χ0) is 15.9. The molecular weight excluding hydrogens is 274 g/mol. The third-order valence-corrected chi connectivity index (χ3v) is 5.25. The molecule has 5 nitrogen and oxygen atoms in total. The van der Waals surface area contributed by atoms with Crippen LogP contribution in [-0.4, -0.2) is 44.7 Å². The van der Waals surface area contributed by atoms with Crippen molar-refractivity contribution >= 4 is 20.4 Å². The Morgan fingerprint density at radius 2 is 1.35 bits per heavy atom. The summed E-state index contributed by atoms with van der Waals surface area (Å²) in [7, 11) is -2.63. The van der Waals surface area contributed by atoms with Crippen LogP contribution in [0.3, 0.4) is 0 Å². The summed E-state index contributed by atoms with van der Waals surface area (Å²) in [6.07, 6.45) is 0.131. The van der Waals surface area contributed by atoms with Crippen molar-refractivity contribution < 1.29 is 18.4 Å². The molecule has 6 heteroatoms. The van der Waals surface area contributed by atoms with Gasteiger partial charge >= 0.3 is 8.56 Å². The SMILES string of the molecule is C=C(C)C(=O)N(C[Si](C)(OCC)OCC)C(=O)C(=C)C. The first kappa shape index (κ1) is 18.8. The first-order chi connectivity index (χ1) is 9.18. The highest BCUT2D eigenvalue weighted by atomic mass is 28.4. The van der Waals surface area contributed by atoms with Gasteiger partial charge in [0.25, 0.3) is 11.8 Å². The maximum Gasteiger partial charge on any atom is 0.355 e. The van der Waals surface area contributed by atoms with Crippen molar-refractivity contribution in [2.45, 2.75) is 34.2 Å². The lowest BCUT2D eigenvalue weighted by atomic mass is 10.2. The molecule has 0 unspecified atom stereocenters. The van der Waals surface area contributed by atoms with Crippen LogP contribution in [0.25, 0.3) is 0 Å². The molecule has 0 aliphatic heterocycles. The number of hydrogen-bond acceptors (Lipinski definition) is 4. The van der Waals surface area contributed by atoms with Crippen molar-refractivity contribution in [3.8, 4) is 0 Å². The zero-order valence-corrected chi connectivity index (χ0v) is 14.1. The Labute approximate surface area is 122 Å². The number of nitrogens with zero attached hydrogens (tertiary/aromatic N) is 1. The first-order valence-corrected chi connectivity index (χ1v) is 9.16. The lowest BCUT2D eigenvalue weighted by Crippen LogP contribution is -2.54. The van der Waals surface area contributed by atoms with E-state index in [0.717, 1.165) is 4.90 Å². The molecule has 0 atom stereocenters. The Hall–Kier alpha value is -1.24. The molecule has 0 aliphatic rings. The van der Waals surface area contributed by atoms with Crippen LogP contribution in [0.1, 0.15) is 27.7 Å². The molecule has 0 aliphatic carbocycles. The fourth-order valence-electron chi connectivity index (χ4n) is 1.73. The second-order valence-electron chi connectivity index (χ2n) is 4.76. The summed E-state index contributed by atoms with van der Waals surface area (Å²) in [6, 6.07) is 0. The maximum atomic E-state index is 12.2. The molecule has 2 amide bonds. The van der Waals surface area contributed by atoms with Gasteiger partial charge in [-0.1, -0.05) is 13.2 Å². The van der Waals surface area contributed by atoms with Crippen molar-refractivity contribution in [1.29, 1.82) is 0 Å². The number of amides is 2. The van der Waals surface area contributed by atoms with Crippen LogP contribution in [0.15, 0.2) is 24.3 Å². The minimum Gasteiger partial charge on any atom is -0.394 e. The molecule has 0 fully saturated rings. The lowest BCUT2D eigenvalue weighted by Gasteiger charge is -2.31. The van der Waals surface area contributed by atoms with E-state index in [0.29, 0.717) is 24.4 Å². The molecule has 20 heavy (non-hydrogen) atoms. The fraction of sp³-hybridized carbons (Fsp3) is 0.571. The molecule has 0 radical (unpaired) electrons. The normalized spacial score (nSPS) is 11.1. The maximum absolute atomic E-state index is 12.2. The van der Waals surface area contributed by atoms with Crippen molar-refractivity contribution in [1.82, 2.24) is 4.90 Å². The number of hydrogen-bond donors (Lipinski definition) is 0. The molecule has 0 rings (SSSR count). The number of imide groups is 1. The summed E-state index contributed by atoms with van der Waals surface area (Å²) in [4.78, 5) is 25.4. The smallest absolute Gasteiger partial charge is 0.355 e. The lowest BCUT2D eigenvalue weighted by molar-refractivity contribution is -0.139. The minimum atomic E-state index is -2.63. The second-order valence-corrected chi connectivity index (χ2v) is 7.92. The Morgan fingerprint density at radius 1 is 1.00 bits per heavy atom. The van der Waals surface area contributed by atoms with E-state index in [4.69, 9.17) is 8.85 Å². The molecule has 0 N–H and O–H groups in total. The average Bonchev–Trinajstić information content (AvgIpc) is 2.34. The van der Waals surface area contributed by atoms with E-state index >= 15 is 0 Å². The third kappa shape index (κ3) is 5.40. The van der Waals surface area contributed by atoms with Gasteiger partial charge in [-0.2, -0.15) is 0 Å². The topological polar surface area (TPSA) is 55.8 Å². The second kappa shape index (κ2) is 8.14. The van der Waals surface area contributed by atoms with Crippen LogP contribution in [0.2, 0.25) is 6.55 Å². The first-order valence-electron chi connectivity index (χ1n) is 6.63. The quantitative estimate of drug-likeness (QED) is 0.509. The molecule has 0 saturated carbocycles. The largest absolute Gasteiger partial charge is 0.394 e. The molecule has 114 valence electrons. The van der Waals surface area contributed by atoms with Crippen LogP contribution in [0.5, 0.6) is 0 Å². The average molecular weight is 299 g/mol. The van der Waals surface area contributed by atoms with E-state index < -0.39 is 20.4 Å². The van der Waals surface area contributed by atoms with Crippen LogP contribution < -0.4 is 0 Å². The molecule has 0 bridgehead atoms. The van der Waals surface area contributed by atoms with Gasteiger partial charge in [0.1, 0.15) is 0 Å². The van der Waals surface area contributed by atoms with Gasteiger partial charge in [0.05, 0.1) is 6.17 Å². The van der Waals surface area contributed by atoms with E-state index in [1.807, 2.05) is 20.4 Å². The minimum absolute atomic E-state index is 0.131. The Kier molecular flexibility index (Phi) is 7.63. The molecule has 0 aromatic heterocycles.